The van der Waals surface area contributed by atoms with Gasteiger partial charge in [-0.3, -0.25) is 4.79 Å². The predicted octanol–water partition coefficient (Wildman–Crippen LogP) is 4.06. The molecule has 26 heavy (non-hydrogen) atoms. The van der Waals surface area contributed by atoms with E-state index in [0.29, 0.717) is 28.3 Å². The maximum absolute atomic E-state index is 12.8. The van der Waals surface area contributed by atoms with E-state index in [-0.39, 0.29) is 5.91 Å². The number of rotatable bonds is 4. The lowest BCUT2D eigenvalue weighted by molar-refractivity contribution is 0.0677. The number of piperidine rings is 1. The van der Waals surface area contributed by atoms with Crippen LogP contribution in [0.3, 0.4) is 0 Å². The molecule has 1 aromatic heterocycles. The summed E-state index contributed by atoms with van der Waals surface area (Å²) in [4.78, 5) is 23.5. The minimum Gasteiger partial charge on any atom is -0.495 e. The lowest BCUT2D eigenvalue weighted by Crippen LogP contribution is -2.39. The second kappa shape index (κ2) is 7.91. The van der Waals surface area contributed by atoms with Crippen molar-refractivity contribution in [3.8, 4) is 5.75 Å². The summed E-state index contributed by atoms with van der Waals surface area (Å²) < 4.78 is 5.15. The van der Waals surface area contributed by atoms with Gasteiger partial charge >= 0.3 is 0 Å². The monoisotopic (exact) mass is 374 g/mol. The third-order valence-electron chi connectivity index (χ3n) is 4.43. The van der Waals surface area contributed by atoms with E-state index in [1.54, 1.807) is 25.3 Å². The predicted molar refractivity (Wildman–Crippen MR) is 102 cm³/mol. The minimum atomic E-state index is -0.0436. The molecule has 2 heterocycles. The van der Waals surface area contributed by atoms with Crippen molar-refractivity contribution in [2.75, 3.05) is 25.5 Å². The van der Waals surface area contributed by atoms with Crippen LogP contribution in [0.1, 0.15) is 35.9 Å². The molecule has 2 aromatic rings. The highest BCUT2D eigenvalue weighted by atomic mass is 35.5. The van der Waals surface area contributed by atoms with E-state index in [9.17, 15) is 4.79 Å². The van der Waals surface area contributed by atoms with Gasteiger partial charge in [-0.25, -0.2) is 9.97 Å². The number of hydrogen-bond donors (Lipinski definition) is 1. The number of anilines is 2. The zero-order chi connectivity index (χ0) is 18.7. The maximum Gasteiger partial charge on any atom is 0.272 e. The van der Waals surface area contributed by atoms with E-state index in [2.05, 4.69) is 22.2 Å². The Kier molecular flexibility index (Phi) is 5.61. The van der Waals surface area contributed by atoms with Crippen molar-refractivity contribution >= 4 is 29.1 Å². The Morgan fingerprint density at radius 1 is 1.35 bits per heavy atom. The van der Waals surface area contributed by atoms with Gasteiger partial charge in [0, 0.05) is 24.5 Å². The fourth-order valence-electron chi connectivity index (χ4n) is 3.14. The Morgan fingerprint density at radius 2 is 2.15 bits per heavy atom. The van der Waals surface area contributed by atoms with Gasteiger partial charge in [-0.2, -0.15) is 0 Å². The molecule has 1 aliphatic heterocycles. The molecule has 0 saturated carbocycles. The molecule has 1 aromatic carbocycles. The molecular formula is C19H23ClN4O2. The van der Waals surface area contributed by atoms with Gasteiger partial charge in [-0.05, 0) is 49.9 Å². The highest BCUT2D eigenvalue weighted by molar-refractivity contribution is 6.32. The third kappa shape index (κ3) is 4.25. The molecule has 1 aliphatic rings. The molecule has 1 amide bonds. The second-order valence-electron chi connectivity index (χ2n) is 6.69. The van der Waals surface area contributed by atoms with Crippen molar-refractivity contribution in [1.29, 1.82) is 0 Å². The summed E-state index contributed by atoms with van der Waals surface area (Å²) in [6, 6.07) is 7.06. The number of nitrogens with one attached hydrogen (secondary N) is 1. The smallest absolute Gasteiger partial charge is 0.272 e. The first-order chi connectivity index (χ1) is 12.5. The van der Waals surface area contributed by atoms with Gasteiger partial charge in [0.2, 0.25) is 5.95 Å². The topological polar surface area (TPSA) is 67.3 Å². The number of halogens is 1. The molecule has 1 N–H and O–H groups in total. The third-order valence-corrected chi connectivity index (χ3v) is 4.72. The van der Waals surface area contributed by atoms with Crippen LogP contribution in [-0.2, 0) is 0 Å². The molecule has 1 fully saturated rings. The highest BCUT2D eigenvalue weighted by Crippen LogP contribution is 2.28. The Morgan fingerprint density at radius 3 is 2.85 bits per heavy atom. The molecule has 0 radical (unpaired) electrons. The molecule has 6 nitrogen and oxygen atoms in total. The van der Waals surface area contributed by atoms with Gasteiger partial charge in [0.15, 0.2) is 0 Å². The second-order valence-corrected chi connectivity index (χ2v) is 7.10. The lowest BCUT2D eigenvalue weighted by atomic mass is 10.00. The van der Waals surface area contributed by atoms with Crippen LogP contribution in [0.25, 0.3) is 0 Å². The Labute approximate surface area is 158 Å². The van der Waals surface area contributed by atoms with Crippen LogP contribution >= 0.6 is 11.6 Å². The zero-order valence-electron chi connectivity index (χ0n) is 15.3. The fraction of sp³-hybridized carbons (Fsp3) is 0.421. The average molecular weight is 375 g/mol. The van der Waals surface area contributed by atoms with E-state index in [1.165, 1.54) is 0 Å². The summed E-state index contributed by atoms with van der Waals surface area (Å²) in [5.74, 6) is 1.45. The van der Waals surface area contributed by atoms with Crippen molar-refractivity contribution in [3.05, 3.63) is 40.7 Å². The van der Waals surface area contributed by atoms with Gasteiger partial charge in [0.05, 0.1) is 12.1 Å². The standard InChI is InChI=1S/C19H23ClN4O2/c1-12-5-4-8-24(11-12)18(25)16-9-13(2)21-19(23-16)22-14-6-7-17(26-3)15(20)10-14/h6-7,9-10,12H,4-5,8,11H2,1-3H3,(H,21,22,23). The van der Waals surface area contributed by atoms with Crippen LogP contribution in [0.5, 0.6) is 5.75 Å². The average Bonchev–Trinajstić information content (AvgIpc) is 2.61. The largest absolute Gasteiger partial charge is 0.495 e. The Bertz CT molecular complexity index is 812. The number of carbonyl (C=O) groups is 1. The van der Waals surface area contributed by atoms with Crippen LogP contribution in [0, 0.1) is 12.8 Å². The number of hydrogen-bond acceptors (Lipinski definition) is 5. The summed E-state index contributed by atoms with van der Waals surface area (Å²) in [6.45, 7) is 5.58. The molecule has 1 unspecified atom stereocenters. The summed E-state index contributed by atoms with van der Waals surface area (Å²) in [6.07, 6.45) is 2.20. The molecule has 1 saturated heterocycles. The Hall–Kier alpha value is -2.34. The van der Waals surface area contributed by atoms with Crippen molar-refractivity contribution in [1.82, 2.24) is 14.9 Å². The van der Waals surface area contributed by atoms with Crippen LogP contribution in [0.4, 0.5) is 11.6 Å². The van der Waals surface area contributed by atoms with Crippen molar-refractivity contribution in [3.63, 3.8) is 0 Å². The zero-order valence-corrected chi connectivity index (χ0v) is 16.0. The van der Waals surface area contributed by atoms with E-state index < -0.39 is 0 Å². The van der Waals surface area contributed by atoms with Crippen LogP contribution in [0.2, 0.25) is 5.02 Å². The molecule has 7 heteroatoms. The summed E-state index contributed by atoms with van der Waals surface area (Å²) in [7, 11) is 1.57. The van der Waals surface area contributed by atoms with Gasteiger partial charge in [-0.15, -0.1) is 0 Å². The quantitative estimate of drug-likeness (QED) is 0.873. The molecule has 0 bridgehead atoms. The summed E-state index contributed by atoms with van der Waals surface area (Å²) in [5.41, 5.74) is 1.87. The molecule has 1 atom stereocenters. The highest BCUT2D eigenvalue weighted by Gasteiger charge is 2.23. The number of benzene rings is 1. The number of carbonyl (C=O) groups excluding carboxylic acids is 1. The summed E-state index contributed by atoms with van der Waals surface area (Å²) in [5, 5.41) is 3.60. The van der Waals surface area contributed by atoms with E-state index >= 15 is 0 Å². The van der Waals surface area contributed by atoms with Gasteiger partial charge in [0.1, 0.15) is 11.4 Å². The number of aryl methyl sites for hydroxylation is 1. The molecule has 0 spiro atoms. The van der Waals surface area contributed by atoms with Crippen molar-refractivity contribution in [2.24, 2.45) is 5.92 Å². The van der Waals surface area contributed by atoms with Crippen LogP contribution in [0.15, 0.2) is 24.3 Å². The first kappa shape index (κ1) is 18.5. The van der Waals surface area contributed by atoms with Crippen molar-refractivity contribution < 1.29 is 9.53 Å². The molecule has 0 aliphatic carbocycles. The Balaban J connectivity index is 1.81. The molecular weight excluding hydrogens is 352 g/mol. The normalized spacial score (nSPS) is 17.1. The first-order valence-electron chi connectivity index (χ1n) is 8.72. The SMILES string of the molecule is COc1ccc(Nc2nc(C)cc(C(=O)N3CCCC(C)C3)n2)cc1Cl. The van der Waals surface area contributed by atoms with Crippen LogP contribution < -0.4 is 10.1 Å². The van der Waals surface area contributed by atoms with Crippen molar-refractivity contribution in [2.45, 2.75) is 26.7 Å². The van der Waals surface area contributed by atoms with E-state index in [4.69, 9.17) is 16.3 Å². The maximum atomic E-state index is 12.8. The fourth-order valence-corrected chi connectivity index (χ4v) is 3.40. The van der Waals surface area contributed by atoms with Gasteiger partial charge in [-0.1, -0.05) is 18.5 Å². The molecule has 3 rings (SSSR count). The van der Waals surface area contributed by atoms with E-state index in [0.717, 1.165) is 37.3 Å². The van der Waals surface area contributed by atoms with E-state index in [1.807, 2.05) is 17.9 Å². The number of ether oxygens (including phenoxy) is 1. The van der Waals surface area contributed by atoms with Gasteiger partial charge in [0.25, 0.3) is 5.91 Å². The van der Waals surface area contributed by atoms with Crippen LogP contribution in [-0.4, -0.2) is 41.0 Å². The number of likely N-dealkylation sites (tertiary alicyclic amines) is 1. The number of amides is 1. The number of aromatic nitrogens is 2. The minimum absolute atomic E-state index is 0.0436. The first-order valence-corrected chi connectivity index (χ1v) is 9.09. The van der Waals surface area contributed by atoms with Gasteiger partial charge < -0.3 is 15.0 Å². The molecule has 138 valence electrons. The number of nitrogens with zero attached hydrogens (tertiary/aromatic N) is 3. The number of methoxy groups -OCH3 is 1. The summed E-state index contributed by atoms with van der Waals surface area (Å²) >= 11 is 6.16. The lowest BCUT2D eigenvalue weighted by Gasteiger charge is -2.30.